The molecular weight excluding hydrogens is 245 g/mol. The van der Waals surface area contributed by atoms with Crippen molar-refractivity contribution in [2.45, 2.75) is 45.3 Å². The maximum atomic E-state index is 12.5. The van der Waals surface area contributed by atoms with Gasteiger partial charge in [-0.15, -0.1) is 0 Å². The molecule has 0 spiro atoms. The van der Waals surface area contributed by atoms with Crippen molar-refractivity contribution < 1.29 is 18.1 Å². The Kier molecular flexibility index (Phi) is 3.08. The van der Waals surface area contributed by atoms with Gasteiger partial charge in [0.05, 0.1) is 11.2 Å². The molecule has 1 fully saturated rings. The zero-order valence-electron chi connectivity index (χ0n) is 10.3. The quantitative estimate of drug-likeness (QED) is 0.761. The first kappa shape index (κ1) is 13.0. The smallest absolute Gasteiger partial charge is 0.399 e. The van der Waals surface area contributed by atoms with Gasteiger partial charge in [0.25, 0.3) is 6.43 Å². The van der Waals surface area contributed by atoms with Gasteiger partial charge in [0.2, 0.25) is 0 Å². The molecule has 2 nitrogen and oxygen atoms in total. The van der Waals surface area contributed by atoms with Crippen LogP contribution in [0, 0.1) is 0 Å². The monoisotopic (exact) mass is 260 g/mol. The van der Waals surface area contributed by atoms with Crippen LogP contribution < -0.4 is 4.78 Å². The van der Waals surface area contributed by atoms with Crippen LogP contribution in [0.25, 0.3) is 0 Å². The van der Waals surface area contributed by atoms with Crippen LogP contribution in [0.3, 0.4) is 0 Å². The third-order valence-corrected chi connectivity index (χ3v) is 4.35. The van der Waals surface area contributed by atoms with Gasteiger partial charge in [-0.3, -0.25) is 0 Å². The lowest BCUT2D eigenvalue weighted by Gasteiger charge is -2.32. The van der Waals surface area contributed by atoms with E-state index in [4.69, 9.17) is 9.31 Å². The molecule has 0 bridgehead atoms. The molecule has 1 saturated heterocycles. The fourth-order valence-corrected chi connectivity index (χ4v) is 2.42. The van der Waals surface area contributed by atoms with Crippen molar-refractivity contribution in [1.82, 2.24) is 0 Å². The van der Waals surface area contributed by atoms with E-state index >= 15 is 0 Å². The summed E-state index contributed by atoms with van der Waals surface area (Å²) in [6.45, 7) is 7.76. The SMILES string of the molecule is CC1(C)OB(c2cc(C(F)F)cs2)OC1(C)C. The number of halogens is 2. The van der Waals surface area contributed by atoms with Gasteiger partial charge in [-0.2, -0.15) is 11.3 Å². The van der Waals surface area contributed by atoms with Crippen LogP contribution in [-0.2, 0) is 9.31 Å². The summed E-state index contributed by atoms with van der Waals surface area (Å²) in [4.78, 5) is 0. The Balaban J connectivity index is 2.20. The maximum Gasteiger partial charge on any atom is 0.505 e. The second-order valence-electron chi connectivity index (χ2n) is 5.17. The Labute approximate surface area is 104 Å². The van der Waals surface area contributed by atoms with E-state index < -0.39 is 24.7 Å². The van der Waals surface area contributed by atoms with Gasteiger partial charge in [0, 0.05) is 10.3 Å². The molecule has 0 radical (unpaired) electrons. The summed E-state index contributed by atoms with van der Waals surface area (Å²) in [5.41, 5.74) is -0.848. The van der Waals surface area contributed by atoms with Crippen molar-refractivity contribution in [3.63, 3.8) is 0 Å². The van der Waals surface area contributed by atoms with Gasteiger partial charge in [-0.25, -0.2) is 8.78 Å². The van der Waals surface area contributed by atoms with E-state index in [-0.39, 0.29) is 5.56 Å². The highest BCUT2D eigenvalue weighted by atomic mass is 32.1. The molecule has 0 aromatic carbocycles. The molecular formula is C11H15BF2O2S. The lowest BCUT2D eigenvalue weighted by Crippen LogP contribution is -2.41. The molecule has 17 heavy (non-hydrogen) atoms. The Morgan fingerprint density at radius 3 is 2.12 bits per heavy atom. The zero-order chi connectivity index (χ0) is 12.8. The van der Waals surface area contributed by atoms with Crippen molar-refractivity contribution in [2.24, 2.45) is 0 Å². The number of thiophene rings is 1. The Bertz CT molecular complexity index is 401. The van der Waals surface area contributed by atoms with Crippen LogP contribution in [0.5, 0.6) is 0 Å². The van der Waals surface area contributed by atoms with E-state index in [1.54, 1.807) is 0 Å². The van der Waals surface area contributed by atoms with Gasteiger partial charge in [-0.05, 0) is 39.1 Å². The van der Waals surface area contributed by atoms with Crippen molar-refractivity contribution in [3.05, 3.63) is 17.0 Å². The summed E-state index contributed by atoms with van der Waals surface area (Å²) in [5, 5.41) is 1.45. The molecule has 1 aliphatic heterocycles. The molecule has 1 aromatic heterocycles. The molecule has 0 amide bonds. The Morgan fingerprint density at radius 2 is 1.71 bits per heavy atom. The van der Waals surface area contributed by atoms with Crippen molar-refractivity contribution >= 4 is 23.2 Å². The molecule has 0 N–H and O–H groups in total. The van der Waals surface area contributed by atoms with Crippen LogP contribution in [0.2, 0.25) is 0 Å². The molecule has 1 aromatic rings. The van der Waals surface area contributed by atoms with E-state index in [9.17, 15) is 8.78 Å². The number of alkyl halides is 2. The first-order valence-electron chi connectivity index (χ1n) is 5.45. The second kappa shape index (κ2) is 4.04. The zero-order valence-corrected chi connectivity index (χ0v) is 11.1. The average molecular weight is 260 g/mol. The average Bonchev–Trinajstić information content (AvgIpc) is 2.70. The molecule has 2 heterocycles. The van der Waals surface area contributed by atoms with Gasteiger partial charge in [0.15, 0.2) is 0 Å². The highest BCUT2D eigenvalue weighted by molar-refractivity contribution is 7.20. The lowest BCUT2D eigenvalue weighted by atomic mass is 9.87. The highest BCUT2D eigenvalue weighted by Gasteiger charge is 2.52. The summed E-state index contributed by atoms with van der Waals surface area (Å²) in [6.07, 6.45) is -2.44. The first-order chi connectivity index (χ1) is 7.73. The van der Waals surface area contributed by atoms with Crippen LogP contribution in [0.15, 0.2) is 11.4 Å². The maximum absolute atomic E-state index is 12.5. The van der Waals surface area contributed by atoms with E-state index in [0.29, 0.717) is 4.78 Å². The molecule has 0 atom stereocenters. The molecule has 6 heteroatoms. The molecule has 1 aliphatic rings. The fourth-order valence-electron chi connectivity index (χ4n) is 1.57. The fraction of sp³-hybridized carbons (Fsp3) is 0.636. The number of hydrogen-bond donors (Lipinski definition) is 0. The standard InChI is InChI=1S/C11H15BF2O2S/c1-10(2)11(3,4)16-12(15-10)8-5-7(6-17-8)9(13)14/h5-6,9H,1-4H3. The molecule has 0 aliphatic carbocycles. The van der Waals surface area contributed by atoms with Crippen LogP contribution in [-0.4, -0.2) is 18.3 Å². The van der Waals surface area contributed by atoms with E-state index in [1.807, 2.05) is 27.7 Å². The summed E-state index contributed by atoms with van der Waals surface area (Å²) in [6, 6.07) is 1.46. The predicted octanol–water partition coefficient (Wildman–Crippen LogP) is 2.98. The van der Waals surface area contributed by atoms with Crippen LogP contribution in [0.1, 0.15) is 39.7 Å². The van der Waals surface area contributed by atoms with Crippen molar-refractivity contribution in [1.29, 1.82) is 0 Å². The van der Waals surface area contributed by atoms with E-state index in [2.05, 4.69) is 0 Å². The molecule has 0 saturated carbocycles. The van der Waals surface area contributed by atoms with E-state index in [1.165, 1.54) is 22.8 Å². The summed E-state index contributed by atoms with van der Waals surface area (Å²) in [5.74, 6) is 0. The van der Waals surface area contributed by atoms with E-state index in [0.717, 1.165) is 0 Å². The van der Waals surface area contributed by atoms with Crippen molar-refractivity contribution in [3.8, 4) is 0 Å². The topological polar surface area (TPSA) is 18.5 Å². The normalized spacial score (nSPS) is 22.4. The first-order valence-corrected chi connectivity index (χ1v) is 6.33. The second-order valence-corrected chi connectivity index (χ2v) is 6.11. The number of rotatable bonds is 2. The minimum absolute atomic E-state index is 0.0275. The number of hydrogen-bond acceptors (Lipinski definition) is 3. The van der Waals surface area contributed by atoms with Gasteiger partial charge in [-0.1, -0.05) is 0 Å². The minimum Gasteiger partial charge on any atom is -0.399 e. The molecule has 94 valence electrons. The molecule has 2 rings (SSSR count). The Morgan fingerprint density at radius 1 is 1.18 bits per heavy atom. The van der Waals surface area contributed by atoms with Crippen LogP contribution >= 0.6 is 11.3 Å². The Hall–Kier alpha value is -0.455. The van der Waals surface area contributed by atoms with Gasteiger partial charge in [0.1, 0.15) is 0 Å². The third-order valence-electron chi connectivity index (χ3n) is 3.38. The minimum atomic E-state index is -2.44. The summed E-state index contributed by atoms with van der Waals surface area (Å²) < 4.78 is 37.3. The summed E-state index contributed by atoms with van der Waals surface area (Å²) >= 11 is 1.25. The lowest BCUT2D eigenvalue weighted by molar-refractivity contribution is 0.00578. The van der Waals surface area contributed by atoms with Crippen LogP contribution in [0.4, 0.5) is 8.78 Å². The predicted molar refractivity (Wildman–Crippen MR) is 65.0 cm³/mol. The largest absolute Gasteiger partial charge is 0.505 e. The van der Waals surface area contributed by atoms with Gasteiger partial charge >= 0.3 is 7.12 Å². The van der Waals surface area contributed by atoms with Crippen molar-refractivity contribution in [2.75, 3.05) is 0 Å². The van der Waals surface area contributed by atoms with Gasteiger partial charge < -0.3 is 9.31 Å². The molecule has 0 unspecified atom stereocenters. The third kappa shape index (κ3) is 2.26. The highest BCUT2D eigenvalue weighted by Crippen LogP contribution is 2.37. The summed E-state index contributed by atoms with van der Waals surface area (Å²) in [7, 11) is -0.544.